The molecule has 2 aliphatic heterocycles. The molecule has 2 aliphatic rings. The summed E-state index contributed by atoms with van der Waals surface area (Å²) >= 11 is 5.71. The van der Waals surface area contributed by atoms with Gasteiger partial charge < -0.3 is 10.2 Å². The van der Waals surface area contributed by atoms with Crippen molar-refractivity contribution in [1.82, 2.24) is 14.5 Å². The summed E-state index contributed by atoms with van der Waals surface area (Å²) in [6, 6.07) is 3.32. The van der Waals surface area contributed by atoms with Gasteiger partial charge in [0.1, 0.15) is 5.82 Å². The Bertz CT molecular complexity index is 896. The third-order valence-corrected chi connectivity index (χ3v) is 8.13. The molecule has 2 heterocycles. The summed E-state index contributed by atoms with van der Waals surface area (Å²) in [4.78, 5) is 26.6. The fourth-order valence-corrected chi connectivity index (χ4v) is 5.80. The quantitative estimate of drug-likeness (QED) is 0.688. The molecule has 7 nitrogen and oxygen atoms in total. The van der Waals surface area contributed by atoms with Crippen LogP contribution in [0.5, 0.6) is 0 Å². The highest BCUT2D eigenvalue weighted by atomic mass is 35.5. The number of carbonyl (C=O) groups excluding carboxylic acids is 2. The summed E-state index contributed by atoms with van der Waals surface area (Å²) in [5.74, 6) is -1.05. The number of hydrogen-bond acceptors (Lipinski definition) is 4. The largest absolute Gasteiger partial charge is 0.355 e. The second-order valence-electron chi connectivity index (χ2n) is 8.09. The number of benzene rings is 1. The van der Waals surface area contributed by atoms with E-state index in [-0.39, 0.29) is 47.2 Å². The lowest BCUT2D eigenvalue weighted by Crippen LogP contribution is -2.43. The molecule has 0 radical (unpaired) electrons. The molecule has 3 rings (SSSR count). The summed E-state index contributed by atoms with van der Waals surface area (Å²) < 4.78 is 40.1. The molecular weight excluding hydrogens is 445 g/mol. The van der Waals surface area contributed by atoms with Crippen molar-refractivity contribution in [3.63, 3.8) is 0 Å². The van der Waals surface area contributed by atoms with Crippen molar-refractivity contribution >= 4 is 33.4 Å². The van der Waals surface area contributed by atoms with Crippen LogP contribution in [0, 0.1) is 11.7 Å². The highest BCUT2D eigenvalue weighted by Gasteiger charge is 2.32. The first-order valence-corrected chi connectivity index (χ1v) is 12.6. The molecule has 172 valence electrons. The topological polar surface area (TPSA) is 86.8 Å². The minimum atomic E-state index is -3.79. The van der Waals surface area contributed by atoms with Gasteiger partial charge in [-0.15, -0.1) is 0 Å². The number of likely N-dealkylation sites (tertiary alicyclic amines) is 1. The van der Waals surface area contributed by atoms with Gasteiger partial charge in [0.05, 0.1) is 9.92 Å². The van der Waals surface area contributed by atoms with E-state index < -0.39 is 15.8 Å². The molecular formula is C21H29ClFN3O4S. The Labute approximate surface area is 188 Å². The van der Waals surface area contributed by atoms with E-state index in [9.17, 15) is 22.4 Å². The van der Waals surface area contributed by atoms with E-state index in [0.717, 1.165) is 50.9 Å². The first-order valence-electron chi connectivity index (χ1n) is 10.8. The molecule has 10 heteroatoms. The Morgan fingerprint density at radius 3 is 2.32 bits per heavy atom. The zero-order valence-corrected chi connectivity index (χ0v) is 19.1. The van der Waals surface area contributed by atoms with E-state index in [1.54, 1.807) is 0 Å². The normalized spacial score (nSPS) is 19.1. The van der Waals surface area contributed by atoms with Crippen LogP contribution in [0.15, 0.2) is 23.1 Å². The van der Waals surface area contributed by atoms with Gasteiger partial charge in [-0.2, -0.15) is 4.31 Å². The average molecular weight is 474 g/mol. The lowest BCUT2D eigenvalue weighted by molar-refractivity contribution is -0.131. The number of nitrogens with one attached hydrogen (secondary N) is 1. The van der Waals surface area contributed by atoms with E-state index in [0.29, 0.717) is 19.4 Å². The second-order valence-corrected chi connectivity index (χ2v) is 10.4. The van der Waals surface area contributed by atoms with Gasteiger partial charge in [-0.1, -0.05) is 24.4 Å². The van der Waals surface area contributed by atoms with E-state index in [1.807, 2.05) is 4.90 Å². The van der Waals surface area contributed by atoms with Crippen molar-refractivity contribution in [2.45, 2.75) is 49.8 Å². The van der Waals surface area contributed by atoms with Crippen LogP contribution in [0.2, 0.25) is 5.02 Å². The third-order valence-electron chi connectivity index (χ3n) is 5.95. The molecule has 0 atom stereocenters. The van der Waals surface area contributed by atoms with Gasteiger partial charge in [-0.05, 0) is 43.9 Å². The Hall–Kier alpha value is -1.71. The molecule has 0 saturated carbocycles. The molecule has 2 fully saturated rings. The number of hydrogen-bond donors (Lipinski definition) is 1. The molecule has 2 amide bonds. The van der Waals surface area contributed by atoms with Crippen LogP contribution in [0.1, 0.15) is 44.9 Å². The van der Waals surface area contributed by atoms with Gasteiger partial charge >= 0.3 is 0 Å². The maximum absolute atomic E-state index is 13.3. The first-order chi connectivity index (χ1) is 14.8. The van der Waals surface area contributed by atoms with E-state index in [2.05, 4.69) is 5.32 Å². The average Bonchev–Trinajstić information content (AvgIpc) is 3.05. The molecule has 0 aliphatic carbocycles. The SMILES string of the molecule is O=C(NCCC(=O)N1CCCCCC1)C1CCN(S(=O)(=O)c2ccc(F)c(Cl)c2)CC1. The van der Waals surface area contributed by atoms with Gasteiger partial charge in [-0.25, -0.2) is 12.8 Å². The van der Waals surface area contributed by atoms with Gasteiger partial charge in [0, 0.05) is 45.1 Å². The van der Waals surface area contributed by atoms with Crippen LogP contribution in [0.25, 0.3) is 0 Å². The fourth-order valence-electron chi connectivity index (χ4n) is 4.06. The summed E-state index contributed by atoms with van der Waals surface area (Å²) in [5.41, 5.74) is 0. The van der Waals surface area contributed by atoms with Crippen molar-refractivity contribution in [2.24, 2.45) is 5.92 Å². The molecule has 0 spiro atoms. The van der Waals surface area contributed by atoms with Crippen molar-refractivity contribution in [3.8, 4) is 0 Å². The minimum absolute atomic E-state index is 0.0613. The number of piperidine rings is 1. The van der Waals surface area contributed by atoms with Crippen molar-refractivity contribution in [2.75, 3.05) is 32.7 Å². The molecule has 1 aromatic carbocycles. The Morgan fingerprint density at radius 1 is 1.06 bits per heavy atom. The molecule has 0 bridgehead atoms. The lowest BCUT2D eigenvalue weighted by atomic mass is 9.97. The maximum atomic E-state index is 13.3. The number of nitrogens with zero attached hydrogens (tertiary/aromatic N) is 2. The lowest BCUT2D eigenvalue weighted by Gasteiger charge is -2.30. The summed E-state index contributed by atoms with van der Waals surface area (Å²) in [6.07, 6.45) is 5.43. The van der Waals surface area contributed by atoms with Gasteiger partial charge in [-0.3, -0.25) is 9.59 Å². The first kappa shape index (κ1) is 23.9. The van der Waals surface area contributed by atoms with Crippen molar-refractivity contribution < 1.29 is 22.4 Å². The standard InChI is InChI=1S/C21H29ClFN3O4S/c22-18-15-17(5-6-19(18)23)31(29,30)26-13-8-16(9-14-26)21(28)24-10-7-20(27)25-11-3-1-2-4-12-25/h5-6,15-16H,1-4,7-14H2,(H,24,28). The molecule has 0 unspecified atom stereocenters. The Kier molecular flexibility index (Phi) is 8.30. The summed E-state index contributed by atoms with van der Waals surface area (Å²) in [5, 5.41) is 2.58. The zero-order chi connectivity index (χ0) is 22.4. The van der Waals surface area contributed by atoms with Crippen LogP contribution in [0.3, 0.4) is 0 Å². The number of rotatable bonds is 6. The van der Waals surface area contributed by atoms with Crippen LogP contribution in [-0.4, -0.2) is 62.2 Å². The minimum Gasteiger partial charge on any atom is -0.355 e. The van der Waals surface area contributed by atoms with Crippen LogP contribution in [-0.2, 0) is 19.6 Å². The number of carbonyl (C=O) groups is 2. The van der Waals surface area contributed by atoms with Crippen molar-refractivity contribution in [3.05, 3.63) is 29.0 Å². The molecule has 1 aromatic rings. The number of sulfonamides is 1. The fraction of sp³-hybridized carbons (Fsp3) is 0.619. The van der Waals surface area contributed by atoms with Gasteiger partial charge in [0.25, 0.3) is 0 Å². The number of halogens is 2. The van der Waals surface area contributed by atoms with E-state index >= 15 is 0 Å². The molecule has 31 heavy (non-hydrogen) atoms. The zero-order valence-electron chi connectivity index (χ0n) is 17.5. The van der Waals surface area contributed by atoms with Crippen molar-refractivity contribution in [1.29, 1.82) is 0 Å². The highest BCUT2D eigenvalue weighted by molar-refractivity contribution is 7.89. The van der Waals surface area contributed by atoms with E-state index in [4.69, 9.17) is 11.6 Å². The van der Waals surface area contributed by atoms with E-state index in [1.165, 1.54) is 10.4 Å². The predicted octanol–water partition coefficient (Wildman–Crippen LogP) is 2.79. The van der Waals surface area contributed by atoms with Crippen LogP contribution < -0.4 is 5.32 Å². The Morgan fingerprint density at radius 2 is 1.71 bits per heavy atom. The smallest absolute Gasteiger partial charge is 0.243 e. The van der Waals surface area contributed by atoms with Gasteiger partial charge in [0.15, 0.2) is 0 Å². The summed E-state index contributed by atoms with van der Waals surface area (Å²) in [6.45, 7) is 2.27. The maximum Gasteiger partial charge on any atom is 0.243 e. The van der Waals surface area contributed by atoms with Crippen LogP contribution >= 0.6 is 11.6 Å². The number of amides is 2. The molecule has 1 N–H and O–H groups in total. The second kappa shape index (κ2) is 10.7. The molecule has 0 aromatic heterocycles. The van der Waals surface area contributed by atoms with Gasteiger partial charge in [0.2, 0.25) is 21.8 Å². The molecule has 2 saturated heterocycles. The Balaban J connectivity index is 1.45. The van der Waals surface area contributed by atoms with Crippen LogP contribution in [0.4, 0.5) is 4.39 Å². The predicted molar refractivity (Wildman–Crippen MR) is 116 cm³/mol. The highest BCUT2D eigenvalue weighted by Crippen LogP contribution is 2.26. The summed E-state index contributed by atoms with van der Waals surface area (Å²) in [7, 11) is -3.79. The third kappa shape index (κ3) is 6.17. The monoisotopic (exact) mass is 473 g/mol.